The zero-order valence-electron chi connectivity index (χ0n) is 15.2. The molecule has 2 aromatic carbocycles. The van der Waals surface area contributed by atoms with Gasteiger partial charge in [0, 0.05) is 36.1 Å². The number of pyridine rings is 1. The van der Waals surface area contributed by atoms with Crippen molar-refractivity contribution in [3.05, 3.63) is 83.6 Å². The summed E-state index contributed by atoms with van der Waals surface area (Å²) in [6.45, 7) is 1.15. The largest absolute Gasteiger partial charge is 0.354 e. The van der Waals surface area contributed by atoms with Gasteiger partial charge < -0.3 is 9.88 Å². The van der Waals surface area contributed by atoms with Crippen LogP contribution in [-0.4, -0.2) is 27.0 Å². The van der Waals surface area contributed by atoms with Gasteiger partial charge in [0.05, 0.1) is 17.5 Å². The lowest BCUT2D eigenvalue weighted by Crippen LogP contribution is -2.28. The van der Waals surface area contributed by atoms with Crippen LogP contribution in [0.2, 0.25) is 5.02 Å². The third-order valence-electron chi connectivity index (χ3n) is 4.53. The van der Waals surface area contributed by atoms with E-state index in [0.717, 1.165) is 28.0 Å². The van der Waals surface area contributed by atoms with Gasteiger partial charge in [-0.3, -0.25) is 9.78 Å². The summed E-state index contributed by atoms with van der Waals surface area (Å²) in [6, 6.07) is 19.2. The average Bonchev–Trinajstić information content (AvgIpc) is 3.09. The van der Waals surface area contributed by atoms with Crippen LogP contribution in [-0.2, 0) is 17.8 Å². The Kier molecular flexibility index (Phi) is 5.35. The van der Waals surface area contributed by atoms with Crippen molar-refractivity contribution in [2.45, 2.75) is 13.0 Å². The molecule has 0 spiro atoms. The number of imidazole rings is 1. The third kappa shape index (κ3) is 4.05. The second-order valence-corrected chi connectivity index (χ2v) is 6.90. The topological polar surface area (TPSA) is 59.8 Å². The first kappa shape index (κ1) is 18.2. The van der Waals surface area contributed by atoms with E-state index in [-0.39, 0.29) is 5.91 Å². The molecule has 6 heteroatoms. The number of aromatic nitrogens is 3. The van der Waals surface area contributed by atoms with Crippen molar-refractivity contribution in [3.8, 4) is 11.4 Å². The van der Waals surface area contributed by atoms with Gasteiger partial charge in [-0.25, -0.2) is 4.98 Å². The van der Waals surface area contributed by atoms with Crippen molar-refractivity contribution in [2.75, 3.05) is 6.54 Å². The van der Waals surface area contributed by atoms with Gasteiger partial charge >= 0.3 is 0 Å². The number of carbonyl (C=O) groups excluding carboxylic acids is 1. The van der Waals surface area contributed by atoms with Gasteiger partial charge in [-0.05, 0) is 42.0 Å². The zero-order chi connectivity index (χ0) is 19.3. The molecule has 140 valence electrons. The van der Waals surface area contributed by atoms with Crippen molar-refractivity contribution in [3.63, 3.8) is 0 Å². The number of para-hydroxylation sites is 2. The quantitative estimate of drug-likeness (QED) is 0.539. The molecule has 28 heavy (non-hydrogen) atoms. The predicted octanol–water partition coefficient (Wildman–Crippen LogP) is 4.11. The molecule has 1 amide bonds. The van der Waals surface area contributed by atoms with Crippen molar-refractivity contribution in [1.29, 1.82) is 0 Å². The molecule has 0 aliphatic carbocycles. The third-order valence-corrected chi connectivity index (χ3v) is 4.78. The van der Waals surface area contributed by atoms with Crippen LogP contribution in [0, 0.1) is 0 Å². The maximum absolute atomic E-state index is 12.3. The molecule has 0 unspecified atom stereocenters. The normalized spacial score (nSPS) is 10.9. The van der Waals surface area contributed by atoms with E-state index in [0.29, 0.717) is 24.5 Å². The molecule has 0 bridgehead atoms. The lowest BCUT2D eigenvalue weighted by atomic mass is 10.1. The van der Waals surface area contributed by atoms with Crippen LogP contribution >= 0.6 is 11.6 Å². The van der Waals surface area contributed by atoms with Crippen LogP contribution < -0.4 is 5.32 Å². The minimum absolute atomic E-state index is 0.0165. The van der Waals surface area contributed by atoms with Crippen LogP contribution in [0.4, 0.5) is 0 Å². The number of nitrogens with one attached hydrogen (secondary N) is 1. The fourth-order valence-corrected chi connectivity index (χ4v) is 3.31. The molecule has 0 atom stereocenters. The molecule has 4 aromatic rings. The van der Waals surface area contributed by atoms with Crippen molar-refractivity contribution in [1.82, 2.24) is 19.9 Å². The summed E-state index contributed by atoms with van der Waals surface area (Å²) >= 11 is 5.89. The lowest BCUT2D eigenvalue weighted by Gasteiger charge is -2.11. The summed E-state index contributed by atoms with van der Waals surface area (Å²) in [5.41, 5.74) is 3.91. The van der Waals surface area contributed by atoms with E-state index in [1.807, 2.05) is 48.5 Å². The van der Waals surface area contributed by atoms with Gasteiger partial charge in [0.1, 0.15) is 5.82 Å². The lowest BCUT2D eigenvalue weighted by molar-refractivity contribution is -0.120. The Morgan fingerprint density at radius 1 is 1.00 bits per heavy atom. The highest BCUT2D eigenvalue weighted by molar-refractivity contribution is 6.30. The van der Waals surface area contributed by atoms with E-state index < -0.39 is 0 Å². The molecule has 0 aliphatic heterocycles. The number of nitrogens with zero attached hydrogens (tertiary/aromatic N) is 3. The number of amides is 1. The molecule has 0 saturated carbocycles. The number of hydrogen-bond acceptors (Lipinski definition) is 3. The Bertz CT molecular complexity index is 1090. The van der Waals surface area contributed by atoms with Crippen molar-refractivity contribution >= 4 is 28.5 Å². The highest BCUT2D eigenvalue weighted by atomic mass is 35.5. The average molecular weight is 391 g/mol. The first-order valence-corrected chi connectivity index (χ1v) is 9.45. The Morgan fingerprint density at radius 2 is 1.75 bits per heavy atom. The van der Waals surface area contributed by atoms with E-state index in [1.165, 1.54) is 0 Å². The zero-order valence-corrected chi connectivity index (χ0v) is 15.9. The fraction of sp³-hybridized carbons (Fsp3) is 0.136. The summed E-state index contributed by atoms with van der Waals surface area (Å²) in [5.74, 6) is 0.854. The minimum atomic E-state index is -0.0165. The van der Waals surface area contributed by atoms with Crippen LogP contribution in [0.3, 0.4) is 0 Å². The highest BCUT2D eigenvalue weighted by Gasteiger charge is 2.12. The number of benzene rings is 2. The molecular formula is C22H19ClN4O. The van der Waals surface area contributed by atoms with E-state index in [2.05, 4.69) is 14.9 Å². The molecule has 0 aliphatic rings. The Balaban J connectivity index is 1.48. The number of rotatable bonds is 6. The van der Waals surface area contributed by atoms with Gasteiger partial charge in [-0.1, -0.05) is 35.9 Å². The molecule has 1 N–H and O–H groups in total. The van der Waals surface area contributed by atoms with E-state index in [9.17, 15) is 4.79 Å². The maximum Gasteiger partial charge on any atom is 0.224 e. The number of carbonyl (C=O) groups is 1. The van der Waals surface area contributed by atoms with Crippen LogP contribution in [0.25, 0.3) is 22.4 Å². The van der Waals surface area contributed by atoms with E-state index >= 15 is 0 Å². The predicted molar refractivity (Wildman–Crippen MR) is 111 cm³/mol. The summed E-state index contributed by atoms with van der Waals surface area (Å²) in [6.07, 6.45) is 3.85. The molecular weight excluding hydrogens is 372 g/mol. The second kappa shape index (κ2) is 8.23. The smallest absolute Gasteiger partial charge is 0.224 e. The number of fused-ring (bicyclic) bond motifs is 1. The van der Waals surface area contributed by atoms with Gasteiger partial charge in [0.2, 0.25) is 5.91 Å². The minimum Gasteiger partial charge on any atom is -0.354 e. The van der Waals surface area contributed by atoms with Crippen molar-refractivity contribution in [2.24, 2.45) is 0 Å². The number of halogens is 1. The first-order chi connectivity index (χ1) is 13.7. The fourth-order valence-electron chi connectivity index (χ4n) is 3.18. The van der Waals surface area contributed by atoms with E-state index in [1.54, 1.807) is 24.5 Å². The summed E-state index contributed by atoms with van der Waals surface area (Å²) in [5, 5.41) is 3.66. The van der Waals surface area contributed by atoms with Gasteiger partial charge in [-0.15, -0.1) is 0 Å². The summed E-state index contributed by atoms with van der Waals surface area (Å²) in [7, 11) is 0. The summed E-state index contributed by atoms with van der Waals surface area (Å²) in [4.78, 5) is 21.1. The van der Waals surface area contributed by atoms with Gasteiger partial charge in [-0.2, -0.15) is 0 Å². The molecule has 0 radical (unpaired) electrons. The van der Waals surface area contributed by atoms with Crippen molar-refractivity contribution < 1.29 is 4.79 Å². The molecule has 0 fully saturated rings. The van der Waals surface area contributed by atoms with E-state index in [4.69, 9.17) is 16.6 Å². The van der Waals surface area contributed by atoms with Crippen LogP contribution in [0.1, 0.15) is 5.56 Å². The van der Waals surface area contributed by atoms with Crippen LogP contribution in [0.5, 0.6) is 0 Å². The maximum atomic E-state index is 12.3. The molecule has 4 rings (SSSR count). The second-order valence-electron chi connectivity index (χ2n) is 6.46. The first-order valence-electron chi connectivity index (χ1n) is 9.07. The standard InChI is InChI=1S/C22H19ClN4O/c23-18-7-5-16(6-8-18)15-21(28)25-13-14-27-20-4-2-1-3-19(20)26-22(27)17-9-11-24-12-10-17/h1-12H,13-15H2,(H,25,28). The molecule has 2 aromatic heterocycles. The Labute approximate surface area is 168 Å². The Hall–Kier alpha value is -3.18. The molecule has 5 nitrogen and oxygen atoms in total. The summed E-state index contributed by atoms with van der Waals surface area (Å²) < 4.78 is 2.13. The monoisotopic (exact) mass is 390 g/mol. The van der Waals surface area contributed by atoms with Crippen LogP contribution in [0.15, 0.2) is 73.1 Å². The van der Waals surface area contributed by atoms with Gasteiger partial charge in [0.25, 0.3) is 0 Å². The molecule has 0 saturated heterocycles. The molecule has 2 heterocycles. The Morgan fingerprint density at radius 3 is 2.54 bits per heavy atom. The SMILES string of the molecule is O=C(Cc1ccc(Cl)cc1)NCCn1c(-c2ccncc2)nc2ccccc21. The highest BCUT2D eigenvalue weighted by Crippen LogP contribution is 2.24. The number of hydrogen-bond donors (Lipinski definition) is 1. The van der Waals surface area contributed by atoms with Gasteiger partial charge in [0.15, 0.2) is 0 Å².